The maximum atomic E-state index is 12.7. The summed E-state index contributed by atoms with van der Waals surface area (Å²) in [5, 5.41) is 22.1. The van der Waals surface area contributed by atoms with E-state index in [4.69, 9.17) is 11.5 Å². The van der Waals surface area contributed by atoms with E-state index < -0.39 is 5.91 Å². The van der Waals surface area contributed by atoms with Crippen LogP contribution in [0, 0.1) is 0 Å². The molecule has 0 aliphatic rings. The fourth-order valence-electron chi connectivity index (χ4n) is 2.54. The molecule has 0 radical (unpaired) electrons. The summed E-state index contributed by atoms with van der Waals surface area (Å²) >= 11 is 0. The first-order valence-electron chi connectivity index (χ1n) is 7.54. The van der Waals surface area contributed by atoms with Crippen molar-refractivity contribution >= 4 is 23.0 Å². The monoisotopic (exact) mass is 335 g/mol. The molecule has 3 aromatic rings. The van der Waals surface area contributed by atoms with Gasteiger partial charge in [-0.25, -0.2) is 0 Å². The van der Waals surface area contributed by atoms with Crippen LogP contribution in [-0.4, -0.2) is 16.1 Å². The number of nitrogens with two attached hydrogens (primary N) is 2. The summed E-state index contributed by atoms with van der Waals surface area (Å²) in [6, 6.07) is 16.4. The van der Waals surface area contributed by atoms with Crippen molar-refractivity contribution in [3.8, 4) is 22.6 Å². The average molecular weight is 335 g/mol. The number of rotatable bonds is 3. The van der Waals surface area contributed by atoms with Crippen molar-refractivity contribution in [1.29, 1.82) is 0 Å². The zero-order valence-corrected chi connectivity index (χ0v) is 13.2. The topological polar surface area (TPSA) is 122 Å². The summed E-state index contributed by atoms with van der Waals surface area (Å²) in [7, 11) is 0. The maximum Gasteiger partial charge on any atom is 0.256 e. The lowest BCUT2D eigenvalue weighted by atomic mass is 9.96. The number of benzene rings is 3. The molecule has 0 aliphatic heterocycles. The SMILES string of the molecule is Nc1cc(NC(=O)c2ccc(O)c(N)c2-c2ccccc2)ccc1O. The highest BCUT2D eigenvalue weighted by atomic mass is 16.3. The van der Waals surface area contributed by atoms with Gasteiger partial charge in [0.15, 0.2) is 0 Å². The number of aromatic hydroxyl groups is 2. The van der Waals surface area contributed by atoms with Gasteiger partial charge in [0.25, 0.3) is 5.91 Å². The van der Waals surface area contributed by atoms with Crippen molar-refractivity contribution in [3.63, 3.8) is 0 Å². The van der Waals surface area contributed by atoms with Crippen LogP contribution in [0.5, 0.6) is 11.5 Å². The van der Waals surface area contributed by atoms with Crippen LogP contribution in [0.2, 0.25) is 0 Å². The zero-order chi connectivity index (χ0) is 18.0. The number of carbonyl (C=O) groups is 1. The summed E-state index contributed by atoms with van der Waals surface area (Å²) in [5.74, 6) is -0.559. The number of hydrogen-bond donors (Lipinski definition) is 5. The molecule has 0 bridgehead atoms. The number of carbonyl (C=O) groups excluding carboxylic acids is 1. The molecule has 0 heterocycles. The fourth-order valence-corrected chi connectivity index (χ4v) is 2.54. The van der Waals surface area contributed by atoms with Gasteiger partial charge in [0, 0.05) is 16.8 Å². The van der Waals surface area contributed by atoms with Gasteiger partial charge in [-0.3, -0.25) is 4.79 Å². The maximum absolute atomic E-state index is 12.7. The molecule has 126 valence electrons. The van der Waals surface area contributed by atoms with E-state index in [1.165, 1.54) is 30.3 Å². The van der Waals surface area contributed by atoms with Crippen LogP contribution in [0.3, 0.4) is 0 Å². The number of amides is 1. The number of nitrogen functional groups attached to an aromatic ring is 2. The predicted molar refractivity (Wildman–Crippen MR) is 98.4 cm³/mol. The minimum absolute atomic E-state index is 0.0585. The third-order valence-corrected chi connectivity index (χ3v) is 3.81. The largest absolute Gasteiger partial charge is 0.506 e. The Balaban J connectivity index is 2.03. The lowest BCUT2D eigenvalue weighted by molar-refractivity contribution is 0.102. The lowest BCUT2D eigenvalue weighted by Gasteiger charge is -2.14. The zero-order valence-electron chi connectivity index (χ0n) is 13.2. The molecule has 0 saturated heterocycles. The van der Waals surface area contributed by atoms with Crippen LogP contribution in [0.25, 0.3) is 11.1 Å². The smallest absolute Gasteiger partial charge is 0.256 e. The van der Waals surface area contributed by atoms with Crippen molar-refractivity contribution in [1.82, 2.24) is 0 Å². The van der Waals surface area contributed by atoms with Crippen LogP contribution in [-0.2, 0) is 0 Å². The standard InChI is InChI=1S/C19H17N3O3/c20-14-10-12(6-8-15(14)23)22-19(25)13-7-9-16(24)18(21)17(13)11-4-2-1-3-5-11/h1-10,23-24H,20-21H2,(H,22,25). The van der Waals surface area contributed by atoms with E-state index >= 15 is 0 Å². The highest BCUT2D eigenvalue weighted by Gasteiger charge is 2.18. The Labute approximate surface area is 144 Å². The minimum Gasteiger partial charge on any atom is -0.506 e. The molecule has 6 nitrogen and oxygen atoms in total. The summed E-state index contributed by atoms with van der Waals surface area (Å²) in [4.78, 5) is 12.7. The van der Waals surface area contributed by atoms with Crippen LogP contribution in [0.15, 0.2) is 60.7 Å². The van der Waals surface area contributed by atoms with Gasteiger partial charge in [-0.15, -0.1) is 0 Å². The Kier molecular flexibility index (Phi) is 4.18. The van der Waals surface area contributed by atoms with Crippen molar-refractivity contribution in [2.75, 3.05) is 16.8 Å². The van der Waals surface area contributed by atoms with Crippen molar-refractivity contribution in [3.05, 3.63) is 66.2 Å². The summed E-state index contributed by atoms with van der Waals surface area (Å²) < 4.78 is 0. The van der Waals surface area contributed by atoms with Gasteiger partial charge >= 0.3 is 0 Å². The number of nitrogens with one attached hydrogen (secondary N) is 1. The van der Waals surface area contributed by atoms with E-state index in [2.05, 4.69) is 5.32 Å². The first kappa shape index (κ1) is 16.2. The van der Waals surface area contributed by atoms with E-state index in [9.17, 15) is 15.0 Å². The molecule has 0 unspecified atom stereocenters. The molecule has 6 heteroatoms. The molecule has 0 atom stereocenters. The van der Waals surface area contributed by atoms with Gasteiger partial charge in [0.05, 0.1) is 11.4 Å². The molecule has 0 saturated carbocycles. The molecule has 3 rings (SSSR count). The van der Waals surface area contributed by atoms with Gasteiger partial charge in [-0.05, 0) is 35.9 Å². The van der Waals surface area contributed by atoms with Crippen LogP contribution in [0.4, 0.5) is 17.1 Å². The predicted octanol–water partition coefficient (Wildman–Crippen LogP) is 3.18. The molecular weight excluding hydrogens is 318 g/mol. The quantitative estimate of drug-likeness (QED) is 0.286. The molecular formula is C19H17N3O3. The Bertz CT molecular complexity index is 940. The van der Waals surface area contributed by atoms with Crippen molar-refractivity contribution in [2.45, 2.75) is 0 Å². The van der Waals surface area contributed by atoms with Crippen LogP contribution < -0.4 is 16.8 Å². The van der Waals surface area contributed by atoms with E-state index in [1.807, 2.05) is 18.2 Å². The highest BCUT2D eigenvalue weighted by molar-refractivity contribution is 6.11. The molecule has 0 fully saturated rings. The van der Waals surface area contributed by atoms with Crippen LogP contribution >= 0.6 is 0 Å². The Morgan fingerprint density at radius 1 is 0.880 bits per heavy atom. The molecule has 7 N–H and O–H groups in total. The number of hydrogen-bond acceptors (Lipinski definition) is 5. The third kappa shape index (κ3) is 3.18. The van der Waals surface area contributed by atoms with Gasteiger partial charge in [0.2, 0.25) is 0 Å². The van der Waals surface area contributed by atoms with Crippen molar-refractivity contribution < 1.29 is 15.0 Å². The first-order valence-corrected chi connectivity index (χ1v) is 7.54. The fraction of sp³-hybridized carbons (Fsp3) is 0. The molecule has 0 aliphatic carbocycles. The van der Waals surface area contributed by atoms with Gasteiger partial charge in [-0.1, -0.05) is 30.3 Å². The highest BCUT2D eigenvalue weighted by Crippen LogP contribution is 2.36. The first-order chi connectivity index (χ1) is 12.0. The summed E-state index contributed by atoms with van der Waals surface area (Å²) in [6.45, 7) is 0. The number of anilines is 3. The molecule has 25 heavy (non-hydrogen) atoms. The van der Waals surface area contributed by atoms with E-state index in [1.54, 1.807) is 12.1 Å². The van der Waals surface area contributed by atoms with E-state index in [0.29, 0.717) is 22.4 Å². The number of phenolic OH excluding ortho intramolecular Hbond substituents is 2. The third-order valence-electron chi connectivity index (χ3n) is 3.81. The second-order valence-corrected chi connectivity index (χ2v) is 5.51. The summed E-state index contributed by atoms with van der Waals surface area (Å²) in [6.07, 6.45) is 0. The molecule has 0 aromatic heterocycles. The van der Waals surface area contributed by atoms with E-state index in [-0.39, 0.29) is 22.9 Å². The molecule has 0 spiro atoms. The van der Waals surface area contributed by atoms with Crippen molar-refractivity contribution in [2.24, 2.45) is 0 Å². The second-order valence-electron chi connectivity index (χ2n) is 5.51. The minimum atomic E-state index is -0.407. The normalized spacial score (nSPS) is 10.4. The Morgan fingerprint density at radius 2 is 1.56 bits per heavy atom. The molecule has 3 aromatic carbocycles. The van der Waals surface area contributed by atoms with Gasteiger partial charge in [-0.2, -0.15) is 0 Å². The van der Waals surface area contributed by atoms with Gasteiger partial charge in [0.1, 0.15) is 11.5 Å². The lowest BCUT2D eigenvalue weighted by Crippen LogP contribution is -2.14. The van der Waals surface area contributed by atoms with Gasteiger partial charge < -0.3 is 27.0 Å². The summed E-state index contributed by atoms with van der Waals surface area (Å²) in [5.41, 5.74) is 13.9. The van der Waals surface area contributed by atoms with E-state index in [0.717, 1.165) is 0 Å². The average Bonchev–Trinajstić information content (AvgIpc) is 2.61. The second kappa shape index (κ2) is 6.45. The number of phenols is 2. The Morgan fingerprint density at radius 3 is 2.24 bits per heavy atom. The van der Waals surface area contributed by atoms with Crippen LogP contribution in [0.1, 0.15) is 10.4 Å². The Hall–Kier alpha value is -3.67. The molecule has 1 amide bonds.